The zero-order valence-corrected chi connectivity index (χ0v) is 16.4. The quantitative estimate of drug-likeness (QED) is 0.376. The summed E-state index contributed by atoms with van der Waals surface area (Å²) in [4.78, 5) is 23.7. The lowest BCUT2D eigenvalue weighted by molar-refractivity contribution is -0.142. The Kier molecular flexibility index (Phi) is 6.84. The summed E-state index contributed by atoms with van der Waals surface area (Å²) in [6.07, 6.45) is 0.230. The van der Waals surface area contributed by atoms with E-state index < -0.39 is 16.0 Å². The van der Waals surface area contributed by atoms with Crippen LogP contribution in [0.4, 0.5) is 0 Å². The number of benzene rings is 2. The van der Waals surface area contributed by atoms with E-state index in [4.69, 9.17) is 14.2 Å². The summed E-state index contributed by atoms with van der Waals surface area (Å²) < 4.78 is 42.9. The van der Waals surface area contributed by atoms with Gasteiger partial charge < -0.3 is 14.2 Å². The lowest BCUT2D eigenvalue weighted by Gasteiger charge is -2.18. The van der Waals surface area contributed by atoms with Crippen molar-refractivity contribution in [3.63, 3.8) is 0 Å². The van der Waals surface area contributed by atoms with E-state index in [1.165, 1.54) is 12.1 Å². The molecule has 0 bridgehead atoms. The van der Waals surface area contributed by atoms with Gasteiger partial charge in [0.15, 0.2) is 23.9 Å². The second kappa shape index (κ2) is 9.53. The number of rotatable bonds is 9. The molecule has 0 aromatic heterocycles. The van der Waals surface area contributed by atoms with Gasteiger partial charge in [-0.25, -0.2) is 13.1 Å². The molecule has 29 heavy (non-hydrogen) atoms. The van der Waals surface area contributed by atoms with Gasteiger partial charge >= 0.3 is 5.97 Å². The van der Waals surface area contributed by atoms with Crippen molar-refractivity contribution < 1.29 is 32.2 Å². The summed E-state index contributed by atoms with van der Waals surface area (Å²) in [5.41, 5.74) is 0.465. The third kappa shape index (κ3) is 5.78. The van der Waals surface area contributed by atoms with Crippen LogP contribution >= 0.6 is 0 Å². The van der Waals surface area contributed by atoms with Crippen LogP contribution in [0.2, 0.25) is 0 Å². The Balaban J connectivity index is 1.41. The molecular formula is C20H21NO7S. The number of hydrogen-bond acceptors (Lipinski definition) is 7. The highest BCUT2D eigenvalue weighted by Crippen LogP contribution is 2.32. The number of esters is 1. The zero-order chi connectivity index (χ0) is 20.7. The number of Topliss-reactive ketones (excluding diaryl/α,β-unsaturated/α-hetero) is 1. The predicted octanol–water partition coefficient (Wildman–Crippen LogP) is 1.94. The molecule has 0 atom stereocenters. The topological polar surface area (TPSA) is 108 Å². The summed E-state index contributed by atoms with van der Waals surface area (Å²) >= 11 is 0. The maximum Gasteiger partial charge on any atom is 0.306 e. The fourth-order valence-electron chi connectivity index (χ4n) is 2.64. The third-order valence-corrected chi connectivity index (χ3v) is 5.59. The standard InChI is InChI=1S/C20H21NO7S/c22-17(15-5-2-1-3-6-15)14-28-20(23)7-4-10-21-29(24,25)16-8-9-18-19(13-16)27-12-11-26-18/h1-3,5-6,8-9,13,21H,4,7,10-12,14H2. The number of carbonyl (C=O) groups excluding carboxylic acids is 2. The summed E-state index contributed by atoms with van der Waals surface area (Å²) in [6, 6.07) is 12.9. The first kappa shape index (κ1) is 20.8. The van der Waals surface area contributed by atoms with E-state index in [1.54, 1.807) is 36.4 Å². The second-order valence-electron chi connectivity index (χ2n) is 6.26. The van der Waals surface area contributed by atoms with E-state index >= 15 is 0 Å². The van der Waals surface area contributed by atoms with Gasteiger partial charge in [-0.3, -0.25) is 9.59 Å². The minimum atomic E-state index is -3.75. The van der Waals surface area contributed by atoms with E-state index in [2.05, 4.69) is 4.72 Å². The van der Waals surface area contributed by atoms with E-state index in [-0.39, 0.29) is 36.7 Å². The summed E-state index contributed by atoms with van der Waals surface area (Å²) in [6.45, 7) is 0.494. The molecule has 0 saturated heterocycles. The number of ketones is 1. The van der Waals surface area contributed by atoms with Gasteiger partial charge in [0.25, 0.3) is 0 Å². The average Bonchev–Trinajstić information content (AvgIpc) is 2.75. The Bertz CT molecular complexity index is 974. The summed E-state index contributed by atoms with van der Waals surface area (Å²) in [7, 11) is -3.75. The fourth-order valence-corrected chi connectivity index (χ4v) is 3.73. The van der Waals surface area contributed by atoms with Crippen molar-refractivity contribution >= 4 is 21.8 Å². The van der Waals surface area contributed by atoms with E-state index in [0.717, 1.165) is 0 Å². The molecule has 0 radical (unpaired) electrons. The zero-order valence-electron chi connectivity index (χ0n) is 15.6. The first-order valence-electron chi connectivity index (χ1n) is 9.09. The van der Waals surface area contributed by atoms with Crippen molar-refractivity contribution in [1.29, 1.82) is 0 Å². The maximum atomic E-state index is 12.4. The molecule has 0 fully saturated rings. The van der Waals surface area contributed by atoms with E-state index in [9.17, 15) is 18.0 Å². The molecule has 2 aromatic carbocycles. The first-order valence-corrected chi connectivity index (χ1v) is 10.6. The number of carbonyl (C=O) groups is 2. The monoisotopic (exact) mass is 419 g/mol. The molecule has 154 valence electrons. The van der Waals surface area contributed by atoms with Crippen LogP contribution < -0.4 is 14.2 Å². The molecule has 9 heteroatoms. The molecule has 0 spiro atoms. The van der Waals surface area contributed by atoms with E-state index in [0.29, 0.717) is 30.3 Å². The molecule has 1 aliphatic heterocycles. The summed E-state index contributed by atoms with van der Waals surface area (Å²) in [5.74, 6) is 0.0276. The Morgan fingerprint density at radius 3 is 2.48 bits per heavy atom. The number of sulfonamides is 1. The average molecular weight is 419 g/mol. The lowest BCUT2D eigenvalue weighted by Crippen LogP contribution is -2.26. The molecule has 1 heterocycles. The van der Waals surface area contributed by atoms with Gasteiger partial charge in [-0.05, 0) is 18.6 Å². The van der Waals surface area contributed by atoms with Crippen molar-refractivity contribution in [2.45, 2.75) is 17.7 Å². The Hall–Kier alpha value is -2.91. The maximum absolute atomic E-state index is 12.4. The van der Waals surface area contributed by atoms with E-state index in [1.807, 2.05) is 0 Å². The van der Waals surface area contributed by atoms with Crippen LogP contribution in [-0.2, 0) is 19.6 Å². The van der Waals surface area contributed by atoms with Crippen LogP contribution in [-0.4, -0.2) is 46.5 Å². The van der Waals surface area contributed by atoms with Crippen LogP contribution in [0.5, 0.6) is 11.5 Å². The molecule has 2 aromatic rings. The van der Waals surface area contributed by atoms with Gasteiger partial charge in [0.1, 0.15) is 13.2 Å². The van der Waals surface area contributed by atoms with Gasteiger partial charge in [0.05, 0.1) is 4.90 Å². The Morgan fingerprint density at radius 2 is 1.72 bits per heavy atom. The number of hydrogen-bond donors (Lipinski definition) is 1. The van der Waals surface area contributed by atoms with Crippen molar-refractivity contribution in [2.75, 3.05) is 26.4 Å². The molecule has 8 nitrogen and oxygen atoms in total. The Labute approximate surface area is 168 Å². The van der Waals surface area contributed by atoms with Crippen LogP contribution in [0.1, 0.15) is 23.2 Å². The van der Waals surface area contributed by atoms with Gasteiger partial charge in [-0.2, -0.15) is 0 Å². The minimum absolute atomic E-state index is 0.00821. The van der Waals surface area contributed by atoms with Gasteiger partial charge in [0, 0.05) is 24.6 Å². The van der Waals surface area contributed by atoms with Gasteiger partial charge in [-0.1, -0.05) is 30.3 Å². The Morgan fingerprint density at radius 1 is 1.00 bits per heavy atom. The van der Waals surface area contributed by atoms with Crippen LogP contribution in [0.3, 0.4) is 0 Å². The molecule has 0 unspecified atom stereocenters. The van der Waals surface area contributed by atoms with Crippen molar-refractivity contribution in [2.24, 2.45) is 0 Å². The largest absolute Gasteiger partial charge is 0.486 e. The molecule has 1 N–H and O–H groups in total. The molecule has 0 amide bonds. The fraction of sp³-hybridized carbons (Fsp3) is 0.300. The molecular weight excluding hydrogens is 398 g/mol. The minimum Gasteiger partial charge on any atom is -0.486 e. The van der Waals surface area contributed by atoms with Gasteiger partial charge in [0.2, 0.25) is 10.0 Å². The highest BCUT2D eigenvalue weighted by atomic mass is 32.2. The molecule has 3 rings (SSSR count). The molecule has 0 saturated carbocycles. The van der Waals surface area contributed by atoms with Crippen LogP contribution in [0.25, 0.3) is 0 Å². The highest BCUT2D eigenvalue weighted by molar-refractivity contribution is 7.89. The third-order valence-electron chi connectivity index (χ3n) is 4.13. The normalized spacial score (nSPS) is 13.0. The number of ether oxygens (including phenoxy) is 3. The SMILES string of the molecule is O=C(CCCNS(=O)(=O)c1ccc2c(c1)OCCO2)OCC(=O)c1ccccc1. The highest BCUT2D eigenvalue weighted by Gasteiger charge is 2.19. The predicted molar refractivity (Wildman–Crippen MR) is 104 cm³/mol. The van der Waals surface area contributed by atoms with Gasteiger partial charge in [-0.15, -0.1) is 0 Å². The van der Waals surface area contributed by atoms with Crippen LogP contribution in [0, 0.1) is 0 Å². The summed E-state index contributed by atoms with van der Waals surface area (Å²) in [5, 5.41) is 0. The molecule has 0 aliphatic carbocycles. The molecule has 1 aliphatic rings. The smallest absolute Gasteiger partial charge is 0.306 e. The second-order valence-corrected chi connectivity index (χ2v) is 8.02. The van der Waals surface area contributed by atoms with Crippen molar-refractivity contribution in [3.05, 3.63) is 54.1 Å². The lowest BCUT2D eigenvalue weighted by atomic mass is 10.1. The first-order chi connectivity index (χ1) is 14.0. The van der Waals surface area contributed by atoms with Crippen LogP contribution in [0.15, 0.2) is 53.4 Å². The van der Waals surface area contributed by atoms with Crippen molar-refractivity contribution in [1.82, 2.24) is 4.72 Å². The van der Waals surface area contributed by atoms with Crippen molar-refractivity contribution in [3.8, 4) is 11.5 Å². The number of fused-ring (bicyclic) bond motifs is 1. The number of nitrogens with one attached hydrogen (secondary N) is 1.